The molecule has 0 bridgehead atoms. The van der Waals surface area contributed by atoms with E-state index in [0.29, 0.717) is 24.3 Å². The molecule has 23 heavy (non-hydrogen) atoms. The van der Waals surface area contributed by atoms with Gasteiger partial charge in [-0.2, -0.15) is 0 Å². The Balaban J connectivity index is 1.61. The van der Waals surface area contributed by atoms with Crippen molar-refractivity contribution < 1.29 is 14.3 Å². The number of hydrogen-bond acceptors (Lipinski definition) is 3. The first-order chi connectivity index (χ1) is 11.3. The molecule has 5 heteroatoms. The number of amides is 1. The fourth-order valence-electron chi connectivity index (χ4n) is 2.65. The van der Waals surface area contributed by atoms with Crippen LogP contribution in [0.1, 0.15) is 16.7 Å². The summed E-state index contributed by atoms with van der Waals surface area (Å²) in [6.45, 7) is 1.57. The first kappa shape index (κ1) is 16.1. The summed E-state index contributed by atoms with van der Waals surface area (Å²) in [4.78, 5) is 14.0. The van der Waals surface area contributed by atoms with Gasteiger partial charge in [0.15, 0.2) is 0 Å². The average molecular weight is 423 g/mol. The molecule has 4 nitrogen and oxygen atoms in total. The predicted octanol–water partition coefficient (Wildman–Crippen LogP) is 4.15. The SMILES string of the molecule is O=C(OCc1ccccc1)N1CCc2ccc(OCI)cc2C1. The Hall–Kier alpha value is -1.76. The number of carbonyl (C=O) groups excluding carboxylic acids is 1. The summed E-state index contributed by atoms with van der Waals surface area (Å²) in [5, 5.41) is 0. The van der Waals surface area contributed by atoms with Crippen LogP contribution in [0.2, 0.25) is 0 Å². The average Bonchev–Trinajstić information content (AvgIpc) is 2.60. The van der Waals surface area contributed by atoms with Crippen LogP contribution in [0.4, 0.5) is 4.79 Å². The Morgan fingerprint density at radius 1 is 1.13 bits per heavy atom. The maximum atomic E-state index is 12.3. The molecule has 0 saturated heterocycles. The third kappa shape index (κ3) is 4.16. The second-order valence-electron chi connectivity index (χ2n) is 5.40. The van der Waals surface area contributed by atoms with Crippen molar-refractivity contribution in [1.82, 2.24) is 4.90 Å². The molecule has 120 valence electrons. The van der Waals surface area contributed by atoms with Crippen LogP contribution in [0, 0.1) is 0 Å². The van der Waals surface area contributed by atoms with Gasteiger partial charge in [0, 0.05) is 13.1 Å². The molecule has 1 heterocycles. The zero-order chi connectivity index (χ0) is 16.1. The van der Waals surface area contributed by atoms with Gasteiger partial charge in [-0.3, -0.25) is 0 Å². The van der Waals surface area contributed by atoms with E-state index in [1.165, 1.54) is 5.56 Å². The Morgan fingerprint density at radius 3 is 2.74 bits per heavy atom. The van der Waals surface area contributed by atoms with Gasteiger partial charge in [-0.15, -0.1) is 0 Å². The summed E-state index contributed by atoms with van der Waals surface area (Å²) in [6, 6.07) is 15.8. The van der Waals surface area contributed by atoms with Gasteiger partial charge >= 0.3 is 6.09 Å². The van der Waals surface area contributed by atoms with Crippen molar-refractivity contribution in [1.29, 1.82) is 0 Å². The highest BCUT2D eigenvalue weighted by atomic mass is 127. The minimum absolute atomic E-state index is 0.264. The highest BCUT2D eigenvalue weighted by Gasteiger charge is 2.22. The van der Waals surface area contributed by atoms with E-state index in [2.05, 4.69) is 28.7 Å². The zero-order valence-electron chi connectivity index (χ0n) is 12.7. The van der Waals surface area contributed by atoms with E-state index in [9.17, 15) is 4.79 Å². The number of carbonyl (C=O) groups is 1. The maximum Gasteiger partial charge on any atom is 0.410 e. The Bertz CT molecular complexity index is 675. The highest BCUT2D eigenvalue weighted by molar-refractivity contribution is 14.1. The summed E-state index contributed by atoms with van der Waals surface area (Å²) in [6.07, 6.45) is 0.583. The molecule has 0 unspecified atom stereocenters. The summed E-state index contributed by atoms with van der Waals surface area (Å²) in [5.74, 6) is 0.845. The molecule has 0 N–H and O–H groups in total. The van der Waals surface area contributed by atoms with Crippen LogP contribution in [0.25, 0.3) is 0 Å². The number of hydrogen-bond donors (Lipinski definition) is 0. The molecule has 0 radical (unpaired) electrons. The molecule has 0 atom stereocenters. The molecule has 0 saturated carbocycles. The van der Waals surface area contributed by atoms with Crippen LogP contribution in [-0.4, -0.2) is 22.2 Å². The summed E-state index contributed by atoms with van der Waals surface area (Å²) >= 11 is 2.17. The van der Waals surface area contributed by atoms with Gasteiger partial charge < -0.3 is 14.4 Å². The van der Waals surface area contributed by atoms with Crippen molar-refractivity contribution in [3.8, 4) is 5.75 Å². The number of rotatable bonds is 4. The van der Waals surface area contributed by atoms with E-state index in [4.69, 9.17) is 9.47 Å². The Labute approximate surface area is 149 Å². The number of halogens is 1. The zero-order valence-corrected chi connectivity index (χ0v) is 14.9. The highest BCUT2D eigenvalue weighted by Crippen LogP contribution is 2.24. The van der Waals surface area contributed by atoms with E-state index in [1.807, 2.05) is 42.5 Å². The van der Waals surface area contributed by atoms with Gasteiger partial charge in [-0.25, -0.2) is 4.79 Å². The topological polar surface area (TPSA) is 38.8 Å². The molecule has 2 aromatic rings. The molecule has 2 aromatic carbocycles. The van der Waals surface area contributed by atoms with E-state index < -0.39 is 0 Å². The number of ether oxygens (including phenoxy) is 2. The van der Waals surface area contributed by atoms with Crippen LogP contribution in [0.15, 0.2) is 48.5 Å². The fraction of sp³-hybridized carbons (Fsp3) is 0.278. The first-order valence-corrected chi connectivity index (χ1v) is 9.05. The third-order valence-electron chi connectivity index (χ3n) is 3.87. The van der Waals surface area contributed by atoms with Crippen molar-refractivity contribution in [2.24, 2.45) is 0 Å². The Kier molecular flexibility index (Phi) is 5.38. The standard InChI is InChI=1S/C18H18INO3/c19-13-23-17-7-6-15-8-9-20(11-16(15)10-17)18(21)22-12-14-4-2-1-3-5-14/h1-7,10H,8-9,11-13H2. The quantitative estimate of drug-likeness (QED) is 0.548. The van der Waals surface area contributed by atoms with Crippen LogP contribution in [-0.2, 0) is 24.3 Å². The first-order valence-electron chi connectivity index (χ1n) is 7.52. The van der Waals surface area contributed by atoms with Crippen molar-refractivity contribution in [3.05, 3.63) is 65.2 Å². The maximum absolute atomic E-state index is 12.3. The van der Waals surface area contributed by atoms with E-state index >= 15 is 0 Å². The molecule has 0 spiro atoms. The lowest BCUT2D eigenvalue weighted by Gasteiger charge is -2.28. The molecular formula is C18H18INO3. The van der Waals surface area contributed by atoms with Crippen molar-refractivity contribution in [2.45, 2.75) is 19.6 Å². The van der Waals surface area contributed by atoms with Gasteiger partial charge in [0.2, 0.25) is 0 Å². The molecule has 3 rings (SSSR count). The second-order valence-corrected chi connectivity index (χ2v) is 6.02. The van der Waals surface area contributed by atoms with Crippen LogP contribution < -0.4 is 4.74 Å². The number of fused-ring (bicyclic) bond motifs is 1. The summed E-state index contributed by atoms with van der Waals surface area (Å²) in [7, 11) is 0. The largest absolute Gasteiger partial charge is 0.483 e. The van der Waals surface area contributed by atoms with Crippen LogP contribution >= 0.6 is 22.6 Å². The molecule has 0 aliphatic carbocycles. The third-order valence-corrected chi connectivity index (χ3v) is 4.19. The molecule has 1 amide bonds. The minimum Gasteiger partial charge on any atom is -0.483 e. The van der Waals surface area contributed by atoms with E-state index in [0.717, 1.165) is 23.3 Å². The lowest BCUT2D eigenvalue weighted by atomic mass is 10.00. The number of benzene rings is 2. The second kappa shape index (κ2) is 7.68. The summed E-state index contributed by atoms with van der Waals surface area (Å²) < 4.78 is 11.6. The lowest BCUT2D eigenvalue weighted by molar-refractivity contribution is 0.0918. The number of nitrogens with zero attached hydrogens (tertiary/aromatic N) is 1. The van der Waals surface area contributed by atoms with Crippen molar-refractivity contribution in [2.75, 3.05) is 11.2 Å². The molecular weight excluding hydrogens is 405 g/mol. The van der Waals surface area contributed by atoms with Crippen LogP contribution in [0.3, 0.4) is 0 Å². The van der Waals surface area contributed by atoms with Gasteiger partial charge in [-0.1, -0.05) is 36.4 Å². The van der Waals surface area contributed by atoms with E-state index in [1.54, 1.807) is 4.90 Å². The monoisotopic (exact) mass is 423 g/mol. The van der Waals surface area contributed by atoms with Gasteiger partial charge in [0.25, 0.3) is 0 Å². The van der Waals surface area contributed by atoms with Crippen molar-refractivity contribution in [3.63, 3.8) is 0 Å². The molecule has 1 aliphatic rings. The predicted molar refractivity (Wildman–Crippen MR) is 96.7 cm³/mol. The smallest absolute Gasteiger partial charge is 0.410 e. The van der Waals surface area contributed by atoms with Crippen molar-refractivity contribution >= 4 is 28.7 Å². The van der Waals surface area contributed by atoms with Crippen LogP contribution in [0.5, 0.6) is 5.75 Å². The fourth-order valence-corrected chi connectivity index (χ4v) is 3.01. The normalized spacial score (nSPS) is 13.3. The van der Waals surface area contributed by atoms with Gasteiger partial charge in [0.05, 0.1) is 0 Å². The lowest BCUT2D eigenvalue weighted by Crippen LogP contribution is -2.36. The minimum atomic E-state index is -0.264. The van der Waals surface area contributed by atoms with Gasteiger partial charge in [0.1, 0.15) is 17.0 Å². The molecule has 1 aliphatic heterocycles. The molecule has 0 aromatic heterocycles. The van der Waals surface area contributed by atoms with E-state index in [-0.39, 0.29) is 6.09 Å². The molecule has 0 fully saturated rings. The van der Waals surface area contributed by atoms with Gasteiger partial charge in [-0.05, 0) is 57.8 Å². The Morgan fingerprint density at radius 2 is 1.96 bits per heavy atom. The summed E-state index contributed by atoms with van der Waals surface area (Å²) in [5.41, 5.74) is 3.41. The number of alkyl halides is 1.